The van der Waals surface area contributed by atoms with Crippen LogP contribution in [0.5, 0.6) is 0 Å². The first-order chi connectivity index (χ1) is 12.7. The number of allylic oxidation sites excluding steroid dienone is 1. The minimum Gasteiger partial charge on any atom is -0.462 e. The summed E-state index contributed by atoms with van der Waals surface area (Å²) in [7, 11) is 0. The molecule has 6 nitrogen and oxygen atoms in total. The lowest BCUT2D eigenvalue weighted by Gasteiger charge is -2.57. The van der Waals surface area contributed by atoms with Gasteiger partial charge in [-0.1, -0.05) is 6.92 Å². The summed E-state index contributed by atoms with van der Waals surface area (Å²) in [6.07, 6.45) is 4.43. The Morgan fingerprint density at radius 3 is 2.78 bits per heavy atom. The first-order valence-corrected chi connectivity index (χ1v) is 9.55. The first-order valence-electron chi connectivity index (χ1n) is 9.55. The van der Waals surface area contributed by atoms with Crippen LogP contribution in [0.25, 0.3) is 0 Å². The highest BCUT2D eigenvalue weighted by atomic mass is 16.6. The summed E-state index contributed by atoms with van der Waals surface area (Å²) in [6, 6.07) is 0. The van der Waals surface area contributed by atoms with E-state index in [1.165, 1.54) is 6.08 Å². The third-order valence-corrected chi connectivity index (χ3v) is 7.28. The van der Waals surface area contributed by atoms with Crippen LogP contribution in [0, 0.1) is 41.1 Å². The number of rotatable bonds is 1. The second kappa shape index (κ2) is 5.93. The van der Waals surface area contributed by atoms with Gasteiger partial charge < -0.3 is 14.6 Å². The fourth-order valence-corrected chi connectivity index (χ4v) is 6.04. The summed E-state index contributed by atoms with van der Waals surface area (Å²) in [5.41, 5.74) is -2.13. The Kier molecular flexibility index (Phi) is 4.01. The molecule has 4 aliphatic rings. The van der Waals surface area contributed by atoms with Crippen LogP contribution in [0.2, 0.25) is 0 Å². The Labute approximate surface area is 158 Å². The van der Waals surface area contributed by atoms with E-state index in [-0.39, 0.29) is 54.2 Å². The van der Waals surface area contributed by atoms with E-state index in [4.69, 9.17) is 9.47 Å². The molecule has 0 spiro atoms. The lowest BCUT2D eigenvalue weighted by molar-refractivity contribution is -0.164. The summed E-state index contributed by atoms with van der Waals surface area (Å²) in [5, 5.41) is 11.7. The number of fused-ring (bicyclic) bond motifs is 5. The number of aliphatic hydroxyl groups is 1. The van der Waals surface area contributed by atoms with Gasteiger partial charge in [-0.3, -0.25) is 14.4 Å². The Hall–Kier alpha value is -2.13. The van der Waals surface area contributed by atoms with Gasteiger partial charge in [-0.25, -0.2) is 0 Å². The maximum Gasteiger partial charge on any atom is 0.306 e. The fraction of sp³-hybridized carbons (Fsp3) is 0.667. The number of hydrogen-bond donors (Lipinski definition) is 1. The summed E-state index contributed by atoms with van der Waals surface area (Å²) in [4.78, 5) is 37.5. The first kappa shape index (κ1) is 18.2. The molecule has 0 aromatic rings. The smallest absolute Gasteiger partial charge is 0.306 e. The second-order valence-electron chi connectivity index (χ2n) is 8.37. The van der Waals surface area contributed by atoms with E-state index in [1.807, 2.05) is 6.92 Å². The van der Waals surface area contributed by atoms with Crippen molar-refractivity contribution in [3.63, 3.8) is 0 Å². The van der Waals surface area contributed by atoms with Crippen molar-refractivity contribution in [2.75, 3.05) is 6.61 Å². The minimum absolute atomic E-state index is 0.0225. The molecule has 0 radical (unpaired) electrons. The molecule has 0 amide bonds. The van der Waals surface area contributed by atoms with Crippen molar-refractivity contribution in [3.8, 4) is 12.0 Å². The number of Topliss-reactive ketones (excluding diaryl/α,β-unsaturated/α-hetero) is 1. The van der Waals surface area contributed by atoms with Gasteiger partial charge in [0.1, 0.15) is 18.0 Å². The Morgan fingerprint density at radius 1 is 1.33 bits per heavy atom. The number of hydrogen-bond acceptors (Lipinski definition) is 6. The largest absolute Gasteiger partial charge is 0.462 e. The molecule has 27 heavy (non-hydrogen) atoms. The lowest BCUT2D eigenvalue weighted by atomic mass is 9.46. The average molecular weight is 372 g/mol. The molecule has 4 rings (SSSR count). The fourth-order valence-electron chi connectivity index (χ4n) is 6.04. The standard InChI is InChI=1S/C21H24O6/c1-4-26-6-5-21(25)11(2)7-16(23)14-10-15(22)12-8-17-13(9-18(24)27-17)19(12)20(14,21)3/h7,12-14,17,19,25H,4,8-10H2,1-3H3/t12-,13+,14+,17+,19+,20+,21+/m1/s1. The van der Waals surface area contributed by atoms with E-state index in [0.717, 1.165) is 0 Å². The molecule has 1 saturated heterocycles. The van der Waals surface area contributed by atoms with Crippen molar-refractivity contribution in [3.05, 3.63) is 11.6 Å². The number of carbonyl (C=O) groups excluding carboxylic acids is 3. The molecule has 3 aliphatic carbocycles. The van der Waals surface area contributed by atoms with Gasteiger partial charge in [0.25, 0.3) is 0 Å². The summed E-state index contributed by atoms with van der Waals surface area (Å²) >= 11 is 0. The van der Waals surface area contributed by atoms with Crippen molar-refractivity contribution in [1.29, 1.82) is 0 Å². The minimum atomic E-state index is -1.61. The number of ether oxygens (including phenoxy) is 2. The zero-order chi connectivity index (χ0) is 19.6. The normalized spacial score (nSPS) is 45.1. The SMILES string of the molecule is CCOC#C[C@]1(O)C(C)=CC(=O)[C@@H]2CC(=O)[C@H]3C[C@@H]4OC(=O)C[C@@H]4[C@H]3[C@]21C. The molecule has 1 aliphatic heterocycles. The van der Waals surface area contributed by atoms with Crippen molar-refractivity contribution >= 4 is 17.5 Å². The van der Waals surface area contributed by atoms with Crippen LogP contribution in [0.3, 0.4) is 0 Å². The maximum atomic E-state index is 12.8. The van der Waals surface area contributed by atoms with E-state index in [9.17, 15) is 19.5 Å². The molecule has 0 bridgehead atoms. The quantitative estimate of drug-likeness (QED) is 0.553. The molecule has 1 heterocycles. The predicted molar refractivity (Wildman–Crippen MR) is 93.9 cm³/mol. The molecule has 3 fully saturated rings. The molecule has 0 aromatic carbocycles. The highest BCUT2D eigenvalue weighted by Crippen LogP contribution is 2.65. The topological polar surface area (TPSA) is 89.9 Å². The molecule has 2 saturated carbocycles. The van der Waals surface area contributed by atoms with Gasteiger partial charge in [0.15, 0.2) is 11.4 Å². The maximum absolute atomic E-state index is 12.8. The van der Waals surface area contributed by atoms with Crippen LogP contribution < -0.4 is 0 Å². The Bertz CT molecular complexity index is 816. The Balaban J connectivity index is 1.88. The molecule has 1 N–H and O–H groups in total. The highest BCUT2D eigenvalue weighted by Gasteiger charge is 2.70. The third kappa shape index (κ3) is 2.27. The monoisotopic (exact) mass is 372 g/mol. The van der Waals surface area contributed by atoms with E-state index in [0.29, 0.717) is 18.6 Å². The van der Waals surface area contributed by atoms with Crippen LogP contribution in [-0.4, -0.2) is 41.0 Å². The van der Waals surface area contributed by atoms with Gasteiger partial charge in [0, 0.05) is 29.6 Å². The van der Waals surface area contributed by atoms with E-state index < -0.39 is 16.9 Å². The number of carbonyl (C=O) groups is 3. The van der Waals surface area contributed by atoms with Gasteiger partial charge in [0.2, 0.25) is 0 Å². The van der Waals surface area contributed by atoms with Gasteiger partial charge >= 0.3 is 5.97 Å². The zero-order valence-electron chi connectivity index (χ0n) is 15.8. The summed E-state index contributed by atoms with van der Waals surface area (Å²) in [6.45, 7) is 5.72. The average Bonchev–Trinajstić information content (AvgIpc) is 3.13. The van der Waals surface area contributed by atoms with Crippen LogP contribution >= 0.6 is 0 Å². The zero-order valence-corrected chi connectivity index (χ0v) is 15.8. The van der Waals surface area contributed by atoms with Gasteiger partial charge in [0.05, 0.1) is 13.0 Å². The van der Waals surface area contributed by atoms with Crippen LogP contribution in [0.1, 0.15) is 40.0 Å². The third-order valence-electron chi connectivity index (χ3n) is 7.28. The molecular formula is C21H24O6. The second-order valence-corrected chi connectivity index (χ2v) is 8.37. The van der Waals surface area contributed by atoms with E-state index in [2.05, 4.69) is 12.0 Å². The molecule has 0 unspecified atom stereocenters. The molecule has 144 valence electrons. The molecule has 0 aromatic heterocycles. The van der Waals surface area contributed by atoms with Crippen LogP contribution in [-0.2, 0) is 23.9 Å². The van der Waals surface area contributed by atoms with Crippen LogP contribution in [0.4, 0.5) is 0 Å². The summed E-state index contributed by atoms with van der Waals surface area (Å²) < 4.78 is 10.6. The number of ketones is 2. The van der Waals surface area contributed by atoms with E-state index in [1.54, 1.807) is 13.8 Å². The van der Waals surface area contributed by atoms with Crippen molar-refractivity contribution < 1.29 is 29.0 Å². The van der Waals surface area contributed by atoms with Crippen molar-refractivity contribution in [2.45, 2.75) is 51.7 Å². The van der Waals surface area contributed by atoms with Gasteiger partial charge in [-0.05, 0) is 43.8 Å². The van der Waals surface area contributed by atoms with Gasteiger partial charge in [-0.2, -0.15) is 0 Å². The molecular weight excluding hydrogens is 348 g/mol. The summed E-state index contributed by atoms with van der Waals surface area (Å²) in [5.74, 6) is 0.935. The van der Waals surface area contributed by atoms with Crippen molar-refractivity contribution in [2.24, 2.45) is 29.1 Å². The predicted octanol–water partition coefficient (Wildman–Crippen LogP) is 1.41. The van der Waals surface area contributed by atoms with Crippen LogP contribution in [0.15, 0.2) is 11.6 Å². The number of esters is 1. The Morgan fingerprint density at radius 2 is 2.07 bits per heavy atom. The molecule has 6 heteroatoms. The van der Waals surface area contributed by atoms with E-state index >= 15 is 0 Å². The van der Waals surface area contributed by atoms with Gasteiger partial charge in [-0.15, -0.1) is 0 Å². The molecule has 7 atom stereocenters. The lowest BCUT2D eigenvalue weighted by Crippen LogP contribution is -2.64. The highest BCUT2D eigenvalue weighted by molar-refractivity contribution is 6.00. The van der Waals surface area contributed by atoms with Crippen molar-refractivity contribution in [1.82, 2.24) is 0 Å².